The van der Waals surface area contributed by atoms with E-state index in [4.69, 9.17) is 24.5 Å². The summed E-state index contributed by atoms with van der Waals surface area (Å²) >= 11 is 0. The van der Waals surface area contributed by atoms with Crippen LogP contribution in [0.2, 0.25) is 0 Å². The second-order valence-corrected chi connectivity index (χ2v) is 9.42. The number of nitrogens with zero attached hydrogens (tertiary/aromatic N) is 4. The van der Waals surface area contributed by atoms with Gasteiger partial charge in [0.1, 0.15) is 24.1 Å². The number of hydrogen-bond acceptors (Lipinski definition) is 7. The molecule has 42 heavy (non-hydrogen) atoms. The normalized spacial score (nSPS) is 10.9. The molecule has 5 rings (SSSR count). The highest BCUT2D eigenvalue weighted by molar-refractivity contribution is 5.93. The first-order valence-electron chi connectivity index (χ1n) is 13.0. The van der Waals surface area contributed by atoms with Crippen molar-refractivity contribution in [3.63, 3.8) is 0 Å². The van der Waals surface area contributed by atoms with Crippen molar-refractivity contribution in [2.45, 2.75) is 19.6 Å². The van der Waals surface area contributed by atoms with Gasteiger partial charge in [-0.25, -0.2) is 23.5 Å². The van der Waals surface area contributed by atoms with Gasteiger partial charge in [-0.1, -0.05) is 24.3 Å². The average Bonchev–Trinajstić information content (AvgIpc) is 3.35. The van der Waals surface area contributed by atoms with Crippen molar-refractivity contribution in [3.05, 3.63) is 113 Å². The lowest BCUT2D eigenvalue weighted by Crippen LogP contribution is -2.09. The molecule has 0 unspecified atom stereocenters. The molecule has 0 atom stereocenters. The first-order valence-corrected chi connectivity index (χ1v) is 13.0. The van der Waals surface area contributed by atoms with Crippen LogP contribution in [0.4, 0.5) is 8.78 Å². The fourth-order valence-electron chi connectivity index (χ4n) is 4.55. The Morgan fingerprint density at radius 3 is 2.50 bits per heavy atom. The Bertz CT molecular complexity index is 1810. The van der Waals surface area contributed by atoms with Gasteiger partial charge in [-0.05, 0) is 48.0 Å². The Kier molecular flexibility index (Phi) is 8.50. The van der Waals surface area contributed by atoms with E-state index in [0.29, 0.717) is 46.9 Å². The molecule has 2 heterocycles. The van der Waals surface area contributed by atoms with Crippen LogP contribution in [0.25, 0.3) is 22.3 Å². The van der Waals surface area contributed by atoms with Gasteiger partial charge in [0.05, 0.1) is 47.6 Å². The molecule has 0 saturated carbocycles. The molecular formula is C32H26F2N4O4. The maximum Gasteiger partial charge on any atom is 0.337 e. The highest BCUT2D eigenvalue weighted by Gasteiger charge is 2.17. The first kappa shape index (κ1) is 28.4. The minimum atomic E-state index is -0.539. The van der Waals surface area contributed by atoms with Crippen molar-refractivity contribution in [2.24, 2.45) is 0 Å². The molecule has 0 saturated heterocycles. The van der Waals surface area contributed by atoms with Gasteiger partial charge in [-0.15, -0.1) is 0 Å². The van der Waals surface area contributed by atoms with Crippen LogP contribution in [0.15, 0.2) is 72.8 Å². The molecule has 0 N–H and O–H groups in total. The van der Waals surface area contributed by atoms with Crippen molar-refractivity contribution >= 4 is 17.0 Å². The fourth-order valence-corrected chi connectivity index (χ4v) is 4.55. The Balaban J connectivity index is 1.36. The Hall–Kier alpha value is -5.14. The maximum absolute atomic E-state index is 15.4. The molecule has 8 nitrogen and oxygen atoms in total. The van der Waals surface area contributed by atoms with Crippen molar-refractivity contribution in [1.82, 2.24) is 14.5 Å². The number of carbonyl (C=O) groups excluding carboxylic acids is 1. The molecule has 10 heteroatoms. The predicted molar refractivity (Wildman–Crippen MR) is 151 cm³/mol. The number of esters is 1. The van der Waals surface area contributed by atoms with E-state index in [1.807, 2.05) is 10.6 Å². The number of aromatic nitrogens is 3. The summed E-state index contributed by atoms with van der Waals surface area (Å²) in [5.41, 5.74) is 3.75. The molecule has 212 valence electrons. The van der Waals surface area contributed by atoms with Gasteiger partial charge in [-0.2, -0.15) is 5.26 Å². The average molecular weight is 569 g/mol. The van der Waals surface area contributed by atoms with E-state index in [9.17, 15) is 9.18 Å². The molecular weight excluding hydrogens is 542 g/mol. The Morgan fingerprint density at radius 2 is 1.76 bits per heavy atom. The summed E-state index contributed by atoms with van der Waals surface area (Å²) in [7, 11) is 2.92. The minimum absolute atomic E-state index is 0.0769. The van der Waals surface area contributed by atoms with Crippen LogP contribution >= 0.6 is 0 Å². The smallest absolute Gasteiger partial charge is 0.337 e. The zero-order valence-corrected chi connectivity index (χ0v) is 22.9. The summed E-state index contributed by atoms with van der Waals surface area (Å²) in [6.07, 6.45) is 0.213. The number of imidazole rings is 1. The van der Waals surface area contributed by atoms with Gasteiger partial charge in [0.15, 0.2) is 0 Å². The summed E-state index contributed by atoms with van der Waals surface area (Å²) in [5, 5.41) is 8.91. The number of rotatable bonds is 10. The third kappa shape index (κ3) is 6.11. The van der Waals surface area contributed by atoms with Crippen LogP contribution in [-0.2, 0) is 29.0 Å². The zero-order chi connectivity index (χ0) is 29.6. The van der Waals surface area contributed by atoms with Gasteiger partial charge in [-0.3, -0.25) is 0 Å². The Labute approximate surface area is 240 Å². The van der Waals surface area contributed by atoms with E-state index in [2.05, 4.69) is 4.98 Å². The zero-order valence-electron chi connectivity index (χ0n) is 22.9. The number of fused-ring (bicyclic) bond motifs is 1. The van der Waals surface area contributed by atoms with E-state index in [1.165, 1.54) is 25.3 Å². The quantitative estimate of drug-likeness (QED) is 0.195. The van der Waals surface area contributed by atoms with Crippen LogP contribution in [0.3, 0.4) is 0 Å². The van der Waals surface area contributed by atoms with E-state index in [1.54, 1.807) is 55.6 Å². The fraction of sp³-hybridized carbons (Fsp3) is 0.188. The number of pyridine rings is 1. The number of nitriles is 1. The second-order valence-electron chi connectivity index (χ2n) is 9.42. The molecule has 0 spiro atoms. The number of methoxy groups -OCH3 is 2. The molecule has 0 aliphatic carbocycles. The van der Waals surface area contributed by atoms with Gasteiger partial charge < -0.3 is 18.8 Å². The molecule has 2 aromatic heterocycles. The van der Waals surface area contributed by atoms with E-state index >= 15 is 4.39 Å². The van der Waals surface area contributed by atoms with Crippen molar-refractivity contribution < 1.29 is 27.8 Å². The molecule has 0 bridgehead atoms. The summed E-state index contributed by atoms with van der Waals surface area (Å²) in [5.74, 6) is -0.558. The third-order valence-electron chi connectivity index (χ3n) is 6.75. The number of hydrogen-bond donors (Lipinski definition) is 0. The monoisotopic (exact) mass is 568 g/mol. The van der Waals surface area contributed by atoms with Gasteiger partial charge in [0, 0.05) is 37.3 Å². The van der Waals surface area contributed by atoms with Crippen LogP contribution in [0, 0.1) is 23.0 Å². The molecule has 0 aliphatic rings. The standard InChI is InChI=1S/C32H26F2N4O4/c1-40-13-12-38-29-11-10-23(32(39)41-2)16-28(29)36-30(38)17-21-8-9-22(15-26(21)34)27-4-3-5-31(37-27)42-19-24-7-6-20(18-35)14-25(24)33/h3-11,14-16H,12-13,17,19H2,1-2H3. The molecule has 0 fully saturated rings. The predicted octanol–water partition coefficient (Wildman–Crippen LogP) is 5.85. The molecule has 3 aromatic carbocycles. The first-order chi connectivity index (χ1) is 20.4. The highest BCUT2D eigenvalue weighted by Crippen LogP contribution is 2.26. The number of ether oxygens (including phenoxy) is 3. The van der Waals surface area contributed by atoms with E-state index in [0.717, 1.165) is 11.6 Å². The maximum atomic E-state index is 15.4. The largest absolute Gasteiger partial charge is 0.473 e. The second kappa shape index (κ2) is 12.6. The molecule has 0 amide bonds. The van der Waals surface area contributed by atoms with E-state index in [-0.39, 0.29) is 30.0 Å². The van der Waals surface area contributed by atoms with Gasteiger partial charge in [0.25, 0.3) is 0 Å². The Morgan fingerprint density at radius 1 is 0.952 bits per heavy atom. The third-order valence-corrected chi connectivity index (χ3v) is 6.75. The van der Waals surface area contributed by atoms with Gasteiger partial charge in [0.2, 0.25) is 5.88 Å². The molecule has 5 aromatic rings. The summed E-state index contributed by atoms with van der Waals surface area (Å²) in [6.45, 7) is 0.857. The van der Waals surface area contributed by atoms with Crippen molar-refractivity contribution in [1.29, 1.82) is 5.26 Å². The van der Waals surface area contributed by atoms with Gasteiger partial charge >= 0.3 is 5.97 Å². The molecule has 0 aliphatic heterocycles. The van der Waals surface area contributed by atoms with Crippen molar-refractivity contribution in [2.75, 3.05) is 20.8 Å². The number of carbonyl (C=O) groups is 1. The van der Waals surface area contributed by atoms with Crippen LogP contribution in [0.1, 0.15) is 32.9 Å². The topological polar surface area (TPSA) is 99.3 Å². The summed E-state index contributed by atoms with van der Waals surface area (Å²) in [4.78, 5) is 21.1. The minimum Gasteiger partial charge on any atom is -0.473 e. The van der Waals surface area contributed by atoms with Crippen molar-refractivity contribution in [3.8, 4) is 23.2 Å². The lowest BCUT2D eigenvalue weighted by molar-refractivity contribution is 0.0601. The summed E-state index contributed by atoms with van der Waals surface area (Å²) in [6, 6.07) is 21.1. The van der Waals surface area contributed by atoms with E-state index < -0.39 is 17.6 Å². The van der Waals surface area contributed by atoms with Crippen LogP contribution in [-0.4, -0.2) is 41.3 Å². The lowest BCUT2D eigenvalue weighted by Gasteiger charge is -2.11. The molecule has 0 radical (unpaired) electrons. The summed E-state index contributed by atoms with van der Waals surface area (Å²) < 4.78 is 47.3. The number of halogens is 2. The highest BCUT2D eigenvalue weighted by atomic mass is 19.1. The SMILES string of the molecule is COCCn1c(Cc2ccc(-c3cccc(OCc4ccc(C#N)cc4F)n3)cc2F)nc2cc(C(=O)OC)ccc21. The number of benzene rings is 3. The van der Waals surface area contributed by atoms with Crippen LogP contribution in [0.5, 0.6) is 5.88 Å². The van der Waals surface area contributed by atoms with Crippen LogP contribution < -0.4 is 4.74 Å². The lowest BCUT2D eigenvalue weighted by atomic mass is 10.1.